The third-order valence-corrected chi connectivity index (χ3v) is 4.29. The molecule has 0 aromatic carbocycles. The van der Waals surface area contributed by atoms with Crippen molar-refractivity contribution in [1.82, 2.24) is 4.90 Å². The van der Waals surface area contributed by atoms with Crippen molar-refractivity contribution in [2.45, 2.75) is 44.7 Å². The predicted octanol–water partition coefficient (Wildman–Crippen LogP) is 1.35. The standard InChI is InChI=1S/C12H21N3/c1-9(2)15-6-10-4-3-5-11(7-15)12(10,14)8-13/h9-11H,3-7,14H2,1-2H3. The van der Waals surface area contributed by atoms with Crippen LogP contribution in [0.5, 0.6) is 0 Å². The molecule has 1 aliphatic heterocycles. The molecule has 1 aliphatic carbocycles. The van der Waals surface area contributed by atoms with Gasteiger partial charge in [0.1, 0.15) is 5.54 Å². The van der Waals surface area contributed by atoms with Crippen molar-refractivity contribution in [3.63, 3.8) is 0 Å². The molecule has 84 valence electrons. The second kappa shape index (κ2) is 3.77. The fourth-order valence-corrected chi connectivity index (χ4v) is 3.15. The van der Waals surface area contributed by atoms with Gasteiger partial charge in [-0.25, -0.2) is 0 Å². The van der Waals surface area contributed by atoms with Gasteiger partial charge < -0.3 is 10.6 Å². The summed E-state index contributed by atoms with van der Waals surface area (Å²) < 4.78 is 0. The van der Waals surface area contributed by atoms with Crippen LogP contribution >= 0.6 is 0 Å². The quantitative estimate of drug-likeness (QED) is 0.706. The normalized spacial score (nSPS) is 41.5. The van der Waals surface area contributed by atoms with E-state index in [4.69, 9.17) is 5.73 Å². The SMILES string of the molecule is CC(C)N1CC2CCCC(C1)C2(N)C#N. The number of nitrogens with zero attached hydrogens (tertiary/aromatic N) is 2. The van der Waals surface area contributed by atoms with Crippen molar-refractivity contribution >= 4 is 0 Å². The Kier molecular flexibility index (Phi) is 2.74. The number of hydrogen-bond donors (Lipinski definition) is 1. The number of rotatable bonds is 1. The van der Waals surface area contributed by atoms with Gasteiger partial charge in [-0.1, -0.05) is 6.42 Å². The van der Waals surface area contributed by atoms with Crippen LogP contribution in [0.25, 0.3) is 0 Å². The van der Waals surface area contributed by atoms with E-state index in [2.05, 4.69) is 24.8 Å². The minimum atomic E-state index is -0.538. The smallest absolute Gasteiger partial charge is 0.112 e. The first kappa shape index (κ1) is 10.9. The zero-order chi connectivity index (χ0) is 11.1. The van der Waals surface area contributed by atoms with Crippen LogP contribution in [-0.4, -0.2) is 29.6 Å². The van der Waals surface area contributed by atoms with E-state index in [-0.39, 0.29) is 0 Å². The van der Waals surface area contributed by atoms with Gasteiger partial charge in [-0.15, -0.1) is 0 Å². The van der Waals surface area contributed by atoms with Gasteiger partial charge in [0.15, 0.2) is 0 Å². The molecular formula is C12H21N3. The lowest BCUT2D eigenvalue weighted by Crippen LogP contribution is -2.65. The maximum Gasteiger partial charge on any atom is 0.112 e. The summed E-state index contributed by atoms with van der Waals surface area (Å²) in [4.78, 5) is 2.48. The molecule has 2 rings (SSSR count). The van der Waals surface area contributed by atoms with Gasteiger partial charge in [-0.3, -0.25) is 0 Å². The highest BCUT2D eigenvalue weighted by Crippen LogP contribution is 2.41. The van der Waals surface area contributed by atoms with Crippen molar-refractivity contribution in [1.29, 1.82) is 5.26 Å². The number of fused-ring (bicyclic) bond motifs is 2. The largest absolute Gasteiger partial charge is 0.313 e. The molecule has 2 bridgehead atoms. The van der Waals surface area contributed by atoms with Crippen LogP contribution in [0.15, 0.2) is 0 Å². The molecule has 2 aliphatic rings. The molecule has 2 N–H and O–H groups in total. The Morgan fingerprint density at radius 1 is 1.33 bits per heavy atom. The second-order valence-corrected chi connectivity index (χ2v) is 5.42. The lowest BCUT2D eigenvalue weighted by molar-refractivity contribution is 0.0141. The summed E-state index contributed by atoms with van der Waals surface area (Å²) in [5.74, 6) is 0.773. The zero-order valence-electron chi connectivity index (χ0n) is 9.74. The number of nitriles is 1. The molecule has 0 aromatic heterocycles. The van der Waals surface area contributed by atoms with Crippen molar-refractivity contribution in [2.75, 3.05) is 13.1 Å². The molecule has 2 atom stereocenters. The van der Waals surface area contributed by atoms with Gasteiger partial charge >= 0.3 is 0 Å². The summed E-state index contributed by atoms with van der Waals surface area (Å²) in [5.41, 5.74) is 5.74. The van der Waals surface area contributed by atoms with Crippen LogP contribution in [0.1, 0.15) is 33.1 Å². The molecule has 0 radical (unpaired) electrons. The maximum atomic E-state index is 9.29. The van der Waals surface area contributed by atoms with Crippen molar-refractivity contribution in [2.24, 2.45) is 17.6 Å². The Morgan fingerprint density at radius 2 is 1.87 bits per heavy atom. The average Bonchev–Trinajstić information content (AvgIpc) is 2.16. The first-order valence-electron chi connectivity index (χ1n) is 6.02. The molecule has 15 heavy (non-hydrogen) atoms. The fraction of sp³-hybridized carbons (Fsp3) is 0.917. The Morgan fingerprint density at radius 3 is 2.27 bits per heavy atom. The molecule has 1 saturated carbocycles. The summed E-state index contributed by atoms with van der Waals surface area (Å²) in [6, 6.07) is 2.97. The van der Waals surface area contributed by atoms with Crippen molar-refractivity contribution in [3.05, 3.63) is 0 Å². The first-order valence-corrected chi connectivity index (χ1v) is 6.02. The van der Waals surface area contributed by atoms with Crippen LogP contribution in [0.4, 0.5) is 0 Å². The maximum absolute atomic E-state index is 9.29. The number of hydrogen-bond acceptors (Lipinski definition) is 3. The van der Waals surface area contributed by atoms with Gasteiger partial charge in [0.25, 0.3) is 0 Å². The first-order chi connectivity index (χ1) is 7.08. The minimum absolute atomic E-state index is 0.386. The molecule has 3 nitrogen and oxygen atoms in total. The van der Waals surface area contributed by atoms with E-state index in [9.17, 15) is 5.26 Å². The van der Waals surface area contributed by atoms with Crippen LogP contribution in [0.2, 0.25) is 0 Å². The highest BCUT2D eigenvalue weighted by atomic mass is 15.2. The van der Waals surface area contributed by atoms with Gasteiger partial charge in [0.2, 0.25) is 0 Å². The molecule has 1 saturated heterocycles. The van der Waals surface area contributed by atoms with E-state index in [1.54, 1.807) is 0 Å². The second-order valence-electron chi connectivity index (χ2n) is 5.42. The summed E-state index contributed by atoms with van der Waals surface area (Å²) in [6.07, 6.45) is 3.51. The molecule has 0 amide bonds. The van der Waals surface area contributed by atoms with Crippen molar-refractivity contribution < 1.29 is 0 Å². The Labute approximate surface area is 92.2 Å². The molecule has 2 fully saturated rings. The third-order valence-electron chi connectivity index (χ3n) is 4.29. The summed E-state index contributed by atoms with van der Waals surface area (Å²) in [7, 11) is 0. The van der Waals surface area contributed by atoms with Crippen LogP contribution in [0, 0.1) is 23.2 Å². The van der Waals surface area contributed by atoms with Crippen LogP contribution < -0.4 is 5.73 Å². The average molecular weight is 207 g/mol. The van der Waals surface area contributed by atoms with Gasteiger partial charge in [0.05, 0.1) is 6.07 Å². The van der Waals surface area contributed by atoms with Gasteiger partial charge in [-0.05, 0) is 26.7 Å². The lowest BCUT2D eigenvalue weighted by Gasteiger charge is -2.51. The fourth-order valence-electron chi connectivity index (χ4n) is 3.15. The summed E-state index contributed by atoms with van der Waals surface area (Å²) in [6.45, 7) is 6.48. The topological polar surface area (TPSA) is 53.0 Å². The number of nitrogens with two attached hydrogens (primary N) is 1. The highest BCUT2D eigenvalue weighted by Gasteiger charge is 2.49. The van der Waals surface area contributed by atoms with E-state index in [0.29, 0.717) is 17.9 Å². The van der Waals surface area contributed by atoms with E-state index >= 15 is 0 Å². The summed E-state index contributed by atoms with van der Waals surface area (Å²) >= 11 is 0. The van der Waals surface area contributed by atoms with Gasteiger partial charge in [-0.2, -0.15) is 5.26 Å². The van der Waals surface area contributed by atoms with Crippen LogP contribution in [-0.2, 0) is 0 Å². The monoisotopic (exact) mass is 207 g/mol. The molecule has 0 aromatic rings. The highest BCUT2D eigenvalue weighted by molar-refractivity contribution is 5.17. The van der Waals surface area contributed by atoms with E-state index in [1.165, 1.54) is 6.42 Å². The third kappa shape index (κ3) is 1.66. The Balaban J connectivity index is 2.20. The minimum Gasteiger partial charge on any atom is -0.313 e. The molecule has 0 spiro atoms. The van der Waals surface area contributed by atoms with E-state index in [1.807, 2.05) is 0 Å². The molecule has 2 unspecified atom stereocenters. The Bertz CT molecular complexity index is 265. The molecule has 1 heterocycles. The van der Waals surface area contributed by atoms with E-state index in [0.717, 1.165) is 25.9 Å². The molecule has 3 heteroatoms. The lowest BCUT2D eigenvalue weighted by atomic mass is 9.64. The van der Waals surface area contributed by atoms with Crippen LogP contribution in [0.3, 0.4) is 0 Å². The number of piperidine rings is 1. The van der Waals surface area contributed by atoms with E-state index < -0.39 is 5.54 Å². The van der Waals surface area contributed by atoms with Gasteiger partial charge in [0, 0.05) is 31.0 Å². The Hall–Kier alpha value is -0.590. The zero-order valence-corrected chi connectivity index (χ0v) is 9.74. The molecular weight excluding hydrogens is 186 g/mol. The number of likely N-dealkylation sites (tertiary alicyclic amines) is 1. The van der Waals surface area contributed by atoms with Crippen molar-refractivity contribution in [3.8, 4) is 6.07 Å². The predicted molar refractivity (Wildman–Crippen MR) is 60.1 cm³/mol. The summed E-state index contributed by atoms with van der Waals surface area (Å²) in [5, 5.41) is 9.29.